The highest BCUT2D eigenvalue weighted by Crippen LogP contribution is 2.31. The molecule has 1 aliphatic rings. The van der Waals surface area contributed by atoms with Crippen molar-refractivity contribution in [1.29, 1.82) is 0 Å². The van der Waals surface area contributed by atoms with Gasteiger partial charge in [0.2, 0.25) is 5.89 Å². The Bertz CT molecular complexity index is 1350. The van der Waals surface area contributed by atoms with Gasteiger partial charge in [-0.2, -0.15) is 0 Å². The molecule has 1 aliphatic heterocycles. The number of fused-ring (bicyclic) bond motifs is 2. The van der Waals surface area contributed by atoms with Crippen LogP contribution in [0, 0.1) is 6.92 Å². The molecule has 2 heterocycles. The highest BCUT2D eigenvalue weighted by atomic mass is 32.1. The van der Waals surface area contributed by atoms with Gasteiger partial charge < -0.3 is 19.2 Å². The summed E-state index contributed by atoms with van der Waals surface area (Å²) in [6, 6.07) is 18.4. The molecule has 4 aromatic rings. The van der Waals surface area contributed by atoms with Crippen molar-refractivity contribution in [3.63, 3.8) is 0 Å². The van der Waals surface area contributed by atoms with Gasteiger partial charge in [-0.25, -0.2) is 4.98 Å². The van der Waals surface area contributed by atoms with E-state index < -0.39 is 0 Å². The second-order valence-electron chi connectivity index (χ2n) is 7.28. The van der Waals surface area contributed by atoms with Gasteiger partial charge in [0.15, 0.2) is 22.2 Å². The molecule has 0 fully saturated rings. The summed E-state index contributed by atoms with van der Waals surface area (Å²) < 4.78 is 16.9. The third-order valence-electron chi connectivity index (χ3n) is 5.05. The molecular formula is C24H19N3O4S. The van der Waals surface area contributed by atoms with Crippen LogP contribution in [-0.4, -0.2) is 29.2 Å². The van der Waals surface area contributed by atoms with Crippen molar-refractivity contribution in [2.75, 3.05) is 18.5 Å². The van der Waals surface area contributed by atoms with Crippen molar-refractivity contribution in [2.24, 2.45) is 0 Å². The number of oxazole rings is 1. The van der Waals surface area contributed by atoms with Crippen LogP contribution in [0.25, 0.3) is 22.6 Å². The molecule has 0 saturated heterocycles. The fourth-order valence-corrected chi connectivity index (χ4v) is 3.67. The predicted octanol–water partition coefficient (Wildman–Crippen LogP) is 4.70. The highest BCUT2D eigenvalue weighted by Gasteiger charge is 2.16. The Labute approximate surface area is 189 Å². The molecule has 32 heavy (non-hydrogen) atoms. The number of hydrogen-bond acceptors (Lipinski definition) is 6. The van der Waals surface area contributed by atoms with Gasteiger partial charge in [0, 0.05) is 16.8 Å². The molecule has 5 rings (SSSR count). The number of aromatic nitrogens is 1. The van der Waals surface area contributed by atoms with Crippen LogP contribution in [-0.2, 0) is 0 Å². The van der Waals surface area contributed by atoms with Crippen LogP contribution < -0.4 is 20.1 Å². The molecule has 0 bridgehead atoms. The van der Waals surface area contributed by atoms with E-state index in [1.54, 1.807) is 18.2 Å². The van der Waals surface area contributed by atoms with Gasteiger partial charge in [-0.1, -0.05) is 18.2 Å². The molecule has 7 nitrogen and oxygen atoms in total. The second-order valence-corrected chi connectivity index (χ2v) is 7.69. The van der Waals surface area contributed by atoms with E-state index in [1.165, 1.54) is 0 Å². The number of nitrogens with zero attached hydrogens (tertiary/aromatic N) is 1. The molecule has 0 saturated carbocycles. The van der Waals surface area contributed by atoms with Crippen LogP contribution in [0.15, 0.2) is 65.1 Å². The van der Waals surface area contributed by atoms with Gasteiger partial charge >= 0.3 is 0 Å². The fraction of sp³-hybridized carbons (Fsp3) is 0.125. The number of benzene rings is 3. The topological polar surface area (TPSA) is 85.6 Å². The van der Waals surface area contributed by atoms with Crippen LogP contribution >= 0.6 is 12.2 Å². The lowest BCUT2D eigenvalue weighted by Gasteiger charge is -2.18. The monoisotopic (exact) mass is 445 g/mol. The zero-order valence-corrected chi connectivity index (χ0v) is 18.0. The average molecular weight is 446 g/mol. The summed E-state index contributed by atoms with van der Waals surface area (Å²) in [7, 11) is 0. The first-order valence-corrected chi connectivity index (χ1v) is 10.5. The molecule has 1 aromatic heterocycles. The van der Waals surface area contributed by atoms with Gasteiger partial charge in [0.05, 0.1) is 0 Å². The minimum absolute atomic E-state index is 0.173. The number of nitrogens with one attached hydrogen (secondary N) is 2. The van der Waals surface area contributed by atoms with Gasteiger partial charge in [-0.15, -0.1) is 0 Å². The minimum atomic E-state index is -0.344. The lowest BCUT2D eigenvalue weighted by atomic mass is 10.1. The largest absolute Gasteiger partial charge is 0.486 e. The number of thiocarbonyl (C=S) groups is 1. The molecule has 1 amide bonds. The second kappa shape index (κ2) is 8.32. The number of amides is 1. The maximum atomic E-state index is 12.6. The molecule has 8 heteroatoms. The van der Waals surface area contributed by atoms with Gasteiger partial charge in [0.1, 0.15) is 18.7 Å². The van der Waals surface area contributed by atoms with Crippen molar-refractivity contribution >= 4 is 40.0 Å². The third-order valence-corrected chi connectivity index (χ3v) is 5.26. The molecule has 2 N–H and O–H groups in total. The number of anilines is 1. The maximum Gasteiger partial charge on any atom is 0.257 e. The standard InChI is InChI=1S/C24H19N3O4S/c1-14-4-2-3-5-17(14)23-26-18-13-16(7-9-19(18)31-23)25-24(32)27-22(28)15-6-8-20-21(12-15)30-11-10-29-20/h2-9,12-13H,10-11H2,1H3,(H2,25,27,28,32). The molecule has 0 aliphatic carbocycles. The first-order chi connectivity index (χ1) is 15.6. The van der Waals surface area contributed by atoms with E-state index in [0.29, 0.717) is 53.0 Å². The Morgan fingerprint density at radius 1 is 1.00 bits per heavy atom. The summed E-state index contributed by atoms with van der Waals surface area (Å²) >= 11 is 5.31. The summed E-state index contributed by atoms with van der Waals surface area (Å²) in [5.41, 5.74) is 4.50. The normalized spacial score (nSPS) is 12.4. The van der Waals surface area contributed by atoms with Gasteiger partial charge in [0.25, 0.3) is 5.91 Å². The predicted molar refractivity (Wildman–Crippen MR) is 125 cm³/mol. The third kappa shape index (κ3) is 4.00. The number of aryl methyl sites for hydroxylation is 1. The van der Waals surface area contributed by atoms with E-state index in [1.807, 2.05) is 49.4 Å². The first kappa shape index (κ1) is 20.0. The van der Waals surface area contributed by atoms with Crippen molar-refractivity contribution in [3.8, 4) is 23.0 Å². The number of ether oxygens (including phenoxy) is 2. The number of carbonyl (C=O) groups excluding carboxylic acids is 1. The van der Waals surface area contributed by atoms with Crippen LogP contribution in [0.2, 0.25) is 0 Å². The van der Waals surface area contributed by atoms with E-state index in [2.05, 4.69) is 15.6 Å². The Morgan fingerprint density at radius 3 is 2.66 bits per heavy atom. The molecule has 160 valence electrons. The smallest absolute Gasteiger partial charge is 0.257 e. The lowest BCUT2D eigenvalue weighted by Crippen LogP contribution is -2.34. The molecule has 0 spiro atoms. The molecule has 3 aromatic carbocycles. The minimum Gasteiger partial charge on any atom is -0.486 e. The zero-order chi connectivity index (χ0) is 22.1. The molecule has 0 atom stereocenters. The van der Waals surface area contributed by atoms with E-state index in [4.69, 9.17) is 26.1 Å². The van der Waals surface area contributed by atoms with Gasteiger partial charge in [-0.05, 0) is 67.2 Å². The quantitative estimate of drug-likeness (QED) is 0.442. The zero-order valence-electron chi connectivity index (χ0n) is 17.2. The van der Waals surface area contributed by atoms with Crippen molar-refractivity contribution in [3.05, 3.63) is 71.8 Å². The summed E-state index contributed by atoms with van der Waals surface area (Å²) in [4.78, 5) is 17.2. The average Bonchev–Trinajstić information content (AvgIpc) is 3.22. The van der Waals surface area contributed by atoms with Crippen LogP contribution in [0.3, 0.4) is 0 Å². The first-order valence-electron chi connectivity index (χ1n) is 10.1. The highest BCUT2D eigenvalue weighted by molar-refractivity contribution is 7.80. The number of carbonyl (C=O) groups is 1. The molecule has 0 radical (unpaired) electrons. The Balaban J connectivity index is 1.29. The summed E-state index contributed by atoms with van der Waals surface area (Å²) in [5, 5.41) is 5.87. The number of hydrogen-bond donors (Lipinski definition) is 2. The van der Waals surface area contributed by atoms with E-state index in [9.17, 15) is 4.79 Å². The van der Waals surface area contributed by atoms with Gasteiger partial charge in [-0.3, -0.25) is 10.1 Å². The molecular weight excluding hydrogens is 426 g/mol. The van der Waals surface area contributed by atoms with Crippen molar-refractivity contribution in [1.82, 2.24) is 10.3 Å². The van der Waals surface area contributed by atoms with Crippen LogP contribution in [0.5, 0.6) is 11.5 Å². The van der Waals surface area contributed by atoms with Crippen LogP contribution in [0.1, 0.15) is 15.9 Å². The van der Waals surface area contributed by atoms with E-state index in [-0.39, 0.29) is 11.0 Å². The Hall–Kier alpha value is -3.91. The van der Waals surface area contributed by atoms with Crippen LogP contribution in [0.4, 0.5) is 5.69 Å². The van der Waals surface area contributed by atoms with E-state index in [0.717, 1.165) is 11.1 Å². The number of rotatable bonds is 3. The van der Waals surface area contributed by atoms with Crippen molar-refractivity contribution < 1.29 is 18.7 Å². The van der Waals surface area contributed by atoms with Crippen molar-refractivity contribution in [2.45, 2.75) is 6.92 Å². The van der Waals surface area contributed by atoms with E-state index >= 15 is 0 Å². The Morgan fingerprint density at radius 2 is 1.81 bits per heavy atom. The Kier molecular flexibility index (Phi) is 5.20. The molecule has 0 unspecified atom stereocenters. The summed E-state index contributed by atoms with van der Waals surface area (Å²) in [6.45, 7) is 2.96. The fourth-order valence-electron chi connectivity index (χ4n) is 3.46. The summed E-state index contributed by atoms with van der Waals surface area (Å²) in [5.74, 6) is 1.39. The SMILES string of the molecule is Cc1ccccc1-c1nc2cc(NC(=S)NC(=O)c3ccc4c(c3)OCCO4)ccc2o1. The summed E-state index contributed by atoms with van der Waals surface area (Å²) in [6.07, 6.45) is 0. The lowest BCUT2D eigenvalue weighted by molar-refractivity contribution is 0.0976. The maximum absolute atomic E-state index is 12.6.